The fraction of sp³-hybridized carbons (Fsp3) is 0.333. The van der Waals surface area contributed by atoms with Gasteiger partial charge in [0.1, 0.15) is 17.5 Å². The number of aliphatic imine (C=N–C) groups is 1. The first-order valence-corrected chi connectivity index (χ1v) is 10.8. The zero-order valence-electron chi connectivity index (χ0n) is 17.7. The van der Waals surface area contributed by atoms with Crippen LogP contribution in [0.2, 0.25) is 0 Å². The van der Waals surface area contributed by atoms with Gasteiger partial charge in [0.2, 0.25) is 0 Å². The van der Waals surface area contributed by atoms with E-state index in [0.29, 0.717) is 23.3 Å². The van der Waals surface area contributed by atoms with Gasteiger partial charge in [0, 0.05) is 25.1 Å². The number of hydrogen-bond donors (Lipinski definition) is 3. The van der Waals surface area contributed by atoms with E-state index in [9.17, 15) is 5.26 Å². The third-order valence-electron chi connectivity index (χ3n) is 5.51. The van der Waals surface area contributed by atoms with Crippen molar-refractivity contribution in [2.24, 2.45) is 4.99 Å². The topological polar surface area (TPSA) is 98.0 Å². The van der Waals surface area contributed by atoms with Gasteiger partial charge in [-0.2, -0.15) is 5.26 Å². The van der Waals surface area contributed by atoms with E-state index >= 15 is 0 Å². The molecule has 0 aromatic carbocycles. The SMILES string of the molecule is CC1=CNC(=NC2CCCC2)N/C1=C(\C#N)c1cccc(NCCc2cccnc2)n1. The van der Waals surface area contributed by atoms with Crippen molar-refractivity contribution in [1.82, 2.24) is 20.6 Å². The third kappa shape index (κ3) is 5.28. The molecule has 0 radical (unpaired) electrons. The number of aromatic nitrogens is 2. The van der Waals surface area contributed by atoms with Crippen molar-refractivity contribution < 1.29 is 0 Å². The highest BCUT2D eigenvalue weighted by atomic mass is 15.2. The Hall–Kier alpha value is -3.66. The van der Waals surface area contributed by atoms with E-state index in [-0.39, 0.29) is 0 Å². The van der Waals surface area contributed by atoms with Gasteiger partial charge < -0.3 is 16.0 Å². The number of anilines is 1. The molecule has 0 bridgehead atoms. The van der Waals surface area contributed by atoms with Crippen LogP contribution in [0.15, 0.2) is 65.2 Å². The summed E-state index contributed by atoms with van der Waals surface area (Å²) in [5.41, 5.74) is 3.99. The number of hydrogen-bond acceptors (Lipinski definition) is 5. The van der Waals surface area contributed by atoms with Crippen LogP contribution in [-0.4, -0.2) is 28.5 Å². The van der Waals surface area contributed by atoms with Gasteiger partial charge in [0.25, 0.3) is 0 Å². The second-order valence-electron chi connectivity index (χ2n) is 7.82. The Bertz CT molecular complexity index is 1040. The number of nitrogens with zero attached hydrogens (tertiary/aromatic N) is 4. The van der Waals surface area contributed by atoms with Gasteiger partial charge in [-0.25, -0.2) is 9.98 Å². The number of allylic oxidation sites excluding steroid dienone is 2. The van der Waals surface area contributed by atoms with Gasteiger partial charge >= 0.3 is 0 Å². The van der Waals surface area contributed by atoms with E-state index in [2.05, 4.69) is 38.1 Å². The molecule has 0 unspecified atom stereocenters. The molecule has 1 aliphatic carbocycles. The van der Waals surface area contributed by atoms with Crippen LogP contribution in [0.4, 0.5) is 5.82 Å². The van der Waals surface area contributed by atoms with E-state index < -0.39 is 0 Å². The lowest BCUT2D eigenvalue weighted by molar-refractivity contribution is 0.696. The quantitative estimate of drug-likeness (QED) is 0.624. The first-order chi connectivity index (χ1) is 15.2. The van der Waals surface area contributed by atoms with E-state index in [4.69, 9.17) is 4.99 Å². The predicted octanol–water partition coefficient (Wildman–Crippen LogP) is 3.76. The Morgan fingerprint density at radius 2 is 2.13 bits per heavy atom. The molecule has 0 spiro atoms. The summed E-state index contributed by atoms with van der Waals surface area (Å²) in [4.78, 5) is 13.6. The van der Waals surface area contributed by atoms with Gasteiger partial charge in [0.05, 0.1) is 17.4 Å². The van der Waals surface area contributed by atoms with Crippen molar-refractivity contribution in [2.45, 2.75) is 45.1 Å². The lowest BCUT2D eigenvalue weighted by Gasteiger charge is -2.22. The highest BCUT2D eigenvalue weighted by molar-refractivity contribution is 5.91. The number of nitriles is 1. The molecule has 31 heavy (non-hydrogen) atoms. The first-order valence-electron chi connectivity index (χ1n) is 10.8. The van der Waals surface area contributed by atoms with E-state index in [1.165, 1.54) is 18.4 Å². The lowest BCUT2D eigenvalue weighted by Crippen LogP contribution is -2.39. The number of nitrogens with one attached hydrogen (secondary N) is 3. The fourth-order valence-corrected chi connectivity index (χ4v) is 3.84. The normalized spacial score (nSPS) is 19.2. The summed E-state index contributed by atoms with van der Waals surface area (Å²) < 4.78 is 0. The second kappa shape index (κ2) is 9.90. The number of rotatable bonds is 6. The van der Waals surface area contributed by atoms with Gasteiger partial charge in [-0.3, -0.25) is 4.98 Å². The van der Waals surface area contributed by atoms with Gasteiger partial charge in [-0.1, -0.05) is 25.0 Å². The number of guanidine groups is 1. The molecule has 7 nitrogen and oxygen atoms in total. The van der Waals surface area contributed by atoms with Gasteiger partial charge in [-0.15, -0.1) is 0 Å². The molecule has 0 saturated heterocycles. The van der Waals surface area contributed by atoms with Crippen LogP contribution >= 0.6 is 0 Å². The molecule has 3 N–H and O–H groups in total. The first kappa shape index (κ1) is 20.6. The van der Waals surface area contributed by atoms with Crippen molar-refractivity contribution in [3.05, 3.63) is 71.5 Å². The Labute approximate surface area is 183 Å². The van der Waals surface area contributed by atoms with Gasteiger partial charge in [-0.05, 0) is 55.5 Å². The van der Waals surface area contributed by atoms with Crippen LogP contribution in [0.1, 0.15) is 43.9 Å². The molecule has 0 atom stereocenters. The molecule has 1 saturated carbocycles. The molecule has 3 heterocycles. The minimum absolute atomic E-state index is 0.346. The van der Waals surface area contributed by atoms with Crippen LogP contribution in [0.25, 0.3) is 5.57 Å². The Morgan fingerprint density at radius 1 is 1.26 bits per heavy atom. The maximum absolute atomic E-state index is 9.93. The molecule has 2 aromatic rings. The van der Waals surface area contributed by atoms with Crippen molar-refractivity contribution in [3.63, 3.8) is 0 Å². The van der Waals surface area contributed by atoms with Crippen LogP contribution in [-0.2, 0) is 6.42 Å². The fourth-order valence-electron chi connectivity index (χ4n) is 3.84. The molecule has 1 fully saturated rings. The molecule has 2 aliphatic rings. The highest BCUT2D eigenvalue weighted by Gasteiger charge is 2.20. The molecule has 0 amide bonds. The molecule has 7 heteroatoms. The summed E-state index contributed by atoms with van der Waals surface area (Å²) in [6.07, 6.45) is 11.1. The highest BCUT2D eigenvalue weighted by Crippen LogP contribution is 2.24. The Balaban J connectivity index is 1.51. The van der Waals surface area contributed by atoms with Crippen molar-refractivity contribution >= 4 is 17.4 Å². The molecular weight excluding hydrogens is 386 g/mol. The smallest absolute Gasteiger partial charge is 0.200 e. The lowest BCUT2D eigenvalue weighted by atomic mass is 10.0. The van der Waals surface area contributed by atoms with Crippen LogP contribution in [0.5, 0.6) is 0 Å². The van der Waals surface area contributed by atoms with Crippen molar-refractivity contribution in [3.8, 4) is 6.07 Å². The number of pyridine rings is 2. The molecule has 2 aromatic heterocycles. The molecule has 158 valence electrons. The maximum Gasteiger partial charge on any atom is 0.200 e. The summed E-state index contributed by atoms with van der Waals surface area (Å²) in [6, 6.07) is 12.4. The molecule has 4 rings (SSSR count). The maximum atomic E-state index is 9.93. The average Bonchev–Trinajstić information content (AvgIpc) is 3.31. The summed E-state index contributed by atoms with van der Waals surface area (Å²) >= 11 is 0. The van der Waals surface area contributed by atoms with Gasteiger partial charge in [0.15, 0.2) is 5.96 Å². The van der Waals surface area contributed by atoms with E-state index in [1.807, 2.05) is 43.6 Å². The van der Waals surface area contributed by atoms with Crippen LogP contribution in [0, 0.1) is 11.3 Å². The monoisotopic (exact) mass is 413 g/mol. The molecular formula is C24H27N7. The largest absolute Gasteiger partial charge is 0.370 e. The Morgan fingerprint density at radius 3 is 2.90 bits per heavy atom. The zero-order chi connectivity index (χ0) is 21.5. The van der Waals surface area contributed by atoms with Crippen LogP contribution in [0.3, 0.4) is 0 Å². The minimum Gasteiger partial charge on any atom is -0.370 e. The summed E-state index contributed by atoms with van der Waals surface area (Å²) in [5.74, 6) is 1.44. The Kier molecular flexibility index (Phi) is 6.58. The summed E-state index contributed by atoms with van der Waals surface area (Å²) in [7, 11) is 0. The second-order valence-corrected chi connectivity index (χ2v) is 7.82. The van der Waals surface area contributed by atoms with E-state index in [0.717, 1.165) is 42.9 Å². The summed E-state index contributed by atoms with van der Waals surface area (Å²) in [5, 5.41) is 19.8. The standard InChI is InChI=1S/C24H27N7/c1-17-15-28-24(29-19-7-2-3-8-19)31-23(17)20(14-25)21-9-4-10-22(30-21)27-13-11-18-6-5-12-26-16-18/h4-6,9-10,12,15-16,19H,2-3,7-8,11,13H2,1H3,(H,27,30)(H2,28,29,31)/b23-20+. The van der Waals surface area contributed by atoms with E-state index in [1.54, 1.807) is 6.20 Å². The third-order valence-corrected chi connectivity index (χ3v) is 5.51. The molecule has 1 aliphatic heterocycles. The zero-order valence-corrected chi connectivity index (χ0v) is 17.7. The van der Waals surface area contributed by atoms with Crippen molar-refractivity contribution in [2.75, 3.05) is 11.9 Å². The van der Waals surface area contributed by atoms with Crippen LogP contribution < -0.4 is 16.0 Å². The predicted molar refractivity (Wildman–Crippen MR) is 123 cm³/mol. The average molecular weight is 414 g/mol. The van der Waals surface area contributed by atoms with Crippen molar-refractivity contribution in [1.29, 1.82) is 5.26 Å². The summed E-state index contributed by atoms with van der Waals surface area (Å²) in [6.45, 7) is 2.70. The minimum atomic E-state index is 0.346.